The van der Waals surface area contributed by atoms with Crippen LogP contribution in [0.3, 0.4) is 0 Å². The first-order chi connectivity index (χ1) is 8.75. The zero-order chi connectivity index (χ0) is 12.8. The average molecular weight is 243 g/mol. The molecule has 0 aliphatic carbocycles. The lowest BCUT2D eigenvalue weighted by Crippen LogP contribution is -1.96. The van der Waals surface area contributed by atoms with Gasteiger partial charge in [0.15, 0.2) is 0 Å². The lowest BCUT2D eigenvalue weighted by atomic mass is 10.2. The maximum atomic E-state index is 10.2. The van der Waals surface area contributed by atoms with Crippen molar-refractivity contribution in [2.24, 2.45) is 0 Å². The van der Waals surface area contributed by atoms with Crippen molar-refractivity contribution in [1.82, 2.24) is 4.98 Å². The summed E-state index contributed by atoms with van der Waals surface area (Å²) >= 11 is 0. The van der Waals surface area contributed by atoms with E-state index in [4.69, 9.17) is 9.84 Å². The van der Waals surface area contributed by atoms with Crippen LogP contribution in [0, 0.1) is 0 Å². The van der Waals surface area contributed by atoms with E-state index >= 15 is 0 Å². The van der Waals surface area contributed by atoms with Crippen LogP contribution in [0.1, 0.15) is 6.42 Å². The Morgan fingerprint density at radius 1 is 1.39 bits per heavy atom. The number of benzene rings is 1. The molecule has 4 nitrogen and oxygen atoms in total. The number of fused-ring (bicyclic) bond motifs is 1. The monoisotopic (exact) mass is 243 g/mol. The Hall–Kier alpha value is -2.36. The van der Waals surface area contributed by atoms with E-state index in [1.54, 1.807) is 12.3 Å². The van der Waals surface area contributed by atoms with Crippen molar-refractivity contribution in [3.8, 4) is 5.75 Å². The highest BCUT2D eigenvalue weighted by Gasteiger charge is 1.97. The number of carboxylic acid groups (broad SMARTS) is 1. The van der Waals surface area contributed by atoms with Gasteiger partial charge in [-0.05, 0) is 30.7 Å². The van der Waals surface area contributed by atoms with Crippen LogP contribution in [0.5, 0.6) is 5.75 Å². The van der Waals surface area contributed by atoms with Crippen molar-refractivity contribution in [2.45, 2.75) is 6.42 Å². The number of rotatable bonds is 5. The van der Waals surface area contributed by atoms with Gasteiger partial charge < -0.3 is 9.84 Å². The fourth-order valence-electron chi connectivity index (χ4n) is 1.57. The van der Waals surface area contributed by atoms with E-state index in [9.17, 15) is 4.79 Å². The second-order valence-electron chi connectivity index (χ2n) is 3.74. The quantitative estimate of drug-likeness (QED) is 0.647. The second kappa shape index (κ2) is 5.82. The van der Waals surface area contributed by atoms with E-state index in [1.807, 2.05) is 30.3 Å². The van der Waals surface area contributed by atoms with Gasteiger partial charge in [-0.25, -0.2) is 4.79 Å². The topological polar surface area (TPSA) is 59.4 Å². The van der Waals surface area contributed by atoms with Crippen molar-refractivity contribution >= 4 is 16.9 Å². The lowest BCUT2D eigenvalue weighted by Gasteiger charge is -2.05. The molecule has 0 unspecified atom stereocenters. The molecule has 0 aliphatic rings. The molecule has 0 saturated carbocycles. The van der Waals surface area contributed by atoms with E-state index in [1.165, 1.54) is 0 Å². The molecule has 1 N–H and O–H groups in total. The van der Waals surface area contributed by atoms with Gasteiger partial charge in [-0.3, -0.25) is 4.98 Å². The van der Waals surface area contributed by atoms with Crippen LogP contribution >= 0.6 is 0 Å². The standard InChI is InChI=1S/C14H13NO3/c16-14(17)5-1-2-9-18-12-6-7-13-11(10-12)4-3-8-15-13/h1,3-8,10H,2,9H2,(H,16,17)/b5-1+. The normalized spacial score (nSPS) is 10.9. The molecular formula is C14H13NO3. The highest BCUT2D eigenvalue weighted by molar-refractivity contribution is 5.80. The van der Waals surface area contributed by atoms with Gasteiger partial charge in [0.05, 0.1) is 12.1 Å². The highest BCUT2D eigenvalue weighted by Crippen LogP contribution is 2.18. The molecule has 0 aliphatic heterocycles. The number of nitrogens with zero attached hydrogens (tertiary/aromatic N) is 1. The molecular weight excluding hydrogens is 230 g/mol. The Morgan fingerprint density at radius 2 is 2.28 bits per heavy atom. The Kier molecular flexibility index (Phi) is 3.91. The highest BCUT2D eigenvalue weighted by atomic mass is 16.5. The minimum atomic E-state index is -0.938. The summed E-state index contributed by atoms with van der Waals surface area (Å²) in [6.07, 6.45) is 5.01. The summed E-state index contributed by atoms with van der Waals surface area (Å²) in [5, 5.41) is 9.44. The number of hydrogen-bond acceptors (Lipinski definition) is 3. The summed E-state index contributed by atoms with van der Waals surface area (Å²) in [5.41, 5.74) is 0.927. The molecule has 1 aromatic heterocycles. The van der Waals surface area contributed by atoms with Crippen LogP contribution in [-0.4, -0.2) is 22.7 Å². The van der Waals surface area contributed by atoms with Gasteiger partial charge in [0.25, 0.3) is 0 Å². The molecule has 92 valence electrons. The number of pyridine rings is 1. The predicted octanol–water partition coefficient (Wildman–Crippen LogP) is 2.64. The number of aliphatic carboxylic acids is 1. The predicted molar refractivity (Wildman–Crippen MR) is 68.6 cm³/mol. The van der Waals surface area contributed by atoms with E-state index in [-0.39, 0.29) is 0 Å². The molecule has 4 heteroatoms. The third kappa shape index (κ3) is 3.31. The van der Waals surface area contributed by atoms with Crippen molar-refractivity contribution in [1.29, 1.82) is 0 Å². The molecule has 0 atom stereocenters. The molecule has 0 spiro atoms. The summed E-state index contributed by atoms with van der Waals surface area (Å²) in [5.74, 6) is -0.175. The fraction of sp³-hybridized carbons (Fsp3) is 0.143. The molecule has 0 amide bonds. The molecule has 0 saturated heterocycles. The Bertz CT molecular complexity index is 578. The van der Waals surface area contributed by atoms with Crippen molar-refractivity contribution in [3.63, 3.8) is 0 Å². The van der Waals surface area contributed by atoms with Crippen molar-refractivity contribution in [3.05, 3.63) is 48.7 Å². The van der Waals surface area contributed by atoms with Gasteiger partial charge in [-0.15, -0.1) is 0 Å². The molecule has 18 heavy (non-hydrogen) atoms. The average Bonchev–Trinajstić information content (AvgIpc) is 2.38. The van der Waals surface area contributed by atoms with Gasteiger partial charge >= 0.3 is 5.97 Å². The lowest BCUT2D eigenvalue weighted by molar-refractivity contribution is -0.131. The van der Waals surface area contributed by atoms with Gasteiger partial charge in [-0.1, -0.05) is 12.1 Å². The molecule has 1 heterocycles. The Labute approximate surface area is 105 Å². The number of carbonyl (C=O) groups is 1. The summed E-state index contributed by atoms with van der Waals surface area (Å²) in [6.45, 7) is 0.454. The van der Waals surface area contributed by atoms with Crippen LogP contribution in [0.15, 0.2) is 48.7 Å². The molecule has 2 rings (SSSR count). The van der Waals surface area contributed by atoms with E-state index in [0.29, 0.717) is 13.0 Å². The van der Waals surface area contributed by atoms with Crippen LogP contribution in [-0.2, 0) is 4.79 Å². The number of carboxylic acids is 1. The van der Waals surface area contributed by atoms with Gasteiger partial charge in [0.2, 0.25) is 0 Å². The summed E-state index contributed by atoms with van der Waals surface area (Å²) in [6, 6.07) is 9.53. The van der Waals surface area contributed by atoms with E-state index in [0.717, 1.165) is 22.7 Å². The van der Waals surface area contributed by atoms with Crippen LogP contribution in [0.25, 0.3) is 10.9 Å². The van der Waals surface area contributed by atoms with E-state index < -0.39 is 5.97 Å². The maximum Gasteiger partial charge on any atom is 0.327 e. The van der Waals surface area contributed by atoms with E-state index in [2.05, 4.69) is 4.98 Å². The van der Waals surface area contributed by atoms with Gasteiger partial charge in [0, 0.05) is 17.7 Å². The smallest absolute Gasteiger partial charge is 0.327 e. The zero-order valence-electron chi connectivity index (χ0n) is 9.74. The largest absolute Gasteiger partial charge is 0.493 e. The first kappa shape index (κ1) is 12.1. The molecule has 0 radical (unpaired) electrons. The third-order valence-corrected chi connectivity index (χ3v) is 2.39. The Balaban J connectivity index is 1.94. The van der Waals surface area contributed by atoms with Gasteiger partial charge in [0.1, 0.15) is 5.75 Å². The summed E-state index contributed by atoms with van der Waals surface area (Å²) in [7, 11) is 0. The SMILES string of the molecule is O=C(O)/C=C/CCOc1ccc2ncccc2c1. The van der Waals surface area contributed by atoms with Crippen LogP contribution in [0.2, 0.25) is 0 Å². The summed E-state index contributed by atoms with van der Waals surface area (Å²) in [4.78, 5) is 14.5. The first-order valence-electron chi connectivity index (χ1n) is 5.63. The maximum absolute atomic E-state index is 10.2. The fourth-order valence-corrected chi connectivity index (χ4v) is 1.57. The van der Waals surface area contributed by atoms with Crippen LogP contribution in [0.4, 0.5) is 0 Å². The Morgan fingerprint density at radius 3 is 3.11 bits per heavy atom. The van der Waals surface area contributed by atoms with Crippen molar-refractivity contribution < 1.29 is 14.6 Å². The zero-order valence-corrected chi connectivity index (χ0v) is 9.74. The number of hydrogen-bond donors (Lipinski definition) is 1. The molecule has 0 bridgehead atoms. The number of ether oxygens (including phenoxy) is 1. The first-order valence-corrected chi connectivity index (χ1v) is 5.63. The second-order valence-corrected chi connectivity index (χ2v) is 3.74. The molecule has 2 aromatic rings. The molecule has 0 fully saturated rings. The van der Waals surface area contributed by atoms with Gasteiger partial charge in [-0.2, -0.15) is 0 Å². The third-order valence-electron chi connectivity index (χ3n) is 2.39. The molecule has 1 aromatic carbocycles. The van der Waals surface area contributed by atoms with Crippen LogP contribution < -0.4 is 4.74 Å². The number of aromatic nitrogens is 1. The minimum Gasteiger partial charge on any atom is -0.493 e. The van der Waals surface area contributed by atoms with Crippen molar-refractivity contribution in [2.75, 3.05) is 6.61 Å². The summed E-state index contributed by atoms with van der Waals surface area (Å²) < 4.78 is 5.52. The minimum absolute atomic E-state index is 0.454.